The van der Waals surface area contributed by atoms with Gasteiger partial charge in [0.25, 0.3) is 5.56 Å². The average Bonchev–Trinajstić information content (AvgIpc) is 3.29. The lowest BCUT2D eigenvalue weighted by atomic mass is 10.2. The molecule has 0 aliphatic carbocycles. The van der Waals surface area contributed by atoms with Crippen LogP contribution in [0.25, 0.3) is 11.2 Å². The molecule has 2 N–H and O–H groups in total. The van der Waals surface area contributed by atoms with Crippen LogP contribution >= 0.6 is 0 Å². The molecule has 0 saturated heterocycles. The fraction of sp³-hybridized carbons (Fsp3) is 0.214. The van der Waals surface area contributed by atoms with Gasteiger partial charge in [-0.05, 0) is 42.0 Å². The van der Waals surface area contributed by atoms with E-state index in [9.17, 15) is 27.2 Å². The van der Waals surface area contributed by atoms with Crippen molar-refractivity contribution in [3.63, 3.8) is 0 Å². The van der Waals surface area contributed by atoms with Crippen molar-refractivity contribution >= 4 is 11.2 Å². The number of aromatic nitrogens is 5. The van der Waals surface area contributed by atoms with Gasteiger partial charge in [-0.1, -0.05) is 24.3 Å². The number of halogens is 4. The molecule has 10 nitrogen and oxygen atoms in total. The van der Waals surface area contributed by atoms with Gasteiger partial charge in [-0.3, -0.25) is 23.5 Å². The number of benzene rings is 2. The van der Waals surface area contributed by atoms with Crippen molar-refractivity contribution in [3.05, 3.63) is 111 Å². The molecule has 0 aliphatic rings. The van der Waals surface area contributed by atoms with Gasteiger partial charge >= 0.3 is 18.1 Å². The molecule has 0 fully saturated rings. The highest BCUT2D eigenvalue weighted by atomic mass is 19.4. The topological polar surface area (TPSA) is 116 Å². The van der Waals surface area contributed by atoms with E-state index in [1.807, 2.05) is 0 Å². The van der Waals surface area contributed by atoms with Crippen LogP contribution in [0.4, 0.5) is 17.6 Å². The Hall–Kier alpha value is -4.98. The molecular weight excluding hydrogens is 562 g/mol. The Balaban J connectivity index is 1.71. The number of imidazole rings is 1. The largest absolute Gasteiger partial charge is 0.573 e. The third-order valence-corrected chi connectivity index (χ3v) is 6.19. The van der Waals surface area contributed by atoms with Crippen molar-refractivity contribution in [1.29, 1.82) is 0 Å². The molecule has 42 heavy (non-hydrogen) atoms. The Kier molecular flexibility index (Phi) is 8.06. The Morgan fingerprint density at radius 1 is 0.881 bits per heavy atom. The highest BCUT2D eigenvalue weighted by Crippen LogP contribution is 2.30. The molecule has 5 rings (SSSR count). The molecule has 14 heteroatoms. The summed E-state index contributed by atoms with van der Waals surface area (Å²) >= 11 is 0. The van der Waals surface area contributed by atoms with E-state index in [0.717, 1.165) is 16.7 Å². The van der Waals surface area contributed by atoms with Gasteiger partial charge in [0.1, 0.15) is 23.9 Å². The van der Waals surface area contributed by atoms with E-state index in [1.165, 1.54) is 45.5 Å². The maximum atomic E-state index is 13.8. The SMILES string of the molecule is O=c1c2c(nc(Oc3cccc(OC(F)(F)F)c3)n2Cc2ccc(F)cc2)n(Cc2ccccn2)c(=O)n1CCC[OH2+]. The summed E-state index contributed by atoms with van der Waals surface area (Å²) in [7, 11) is 0. The van der Waals surface area contributed by atoms with Crippen molar-refractivity contribution in [2.75, 3.05) is 6.61 Å². The third-order valence-electron chi connectivity index (χ3n) is 6.19. The fourth-order valence-electron chi connectivity index (χ4n) is 4.34. The number of alkyl halides is 3. The summed E-state index contributed by atoms with van der Waals surface area (Å²) in [4.78, 5) is 36.0. The van der Waals surface area contributed by atoms with Gasteiger partial charge in [0.2, 0.25) is 0 Å². The first-order valence-electron chi connectivity index (χ1n) is 12.7. The van der Waals surface area contributed by atoms with E-state index in [0.29, 0.717) is 11.3 Å². The lowest BCUT2D eigenvalue weighted by Crippen LogP contribution is -2.41. The van der Waals surface area contributed by atoms with Crippen molar-refractivity contribution in [3.8, 4) is 17.5 Å². The lowest BCUT2D eigenvalue weighted by molar-refractivity contribution is -0.274. The Morgan fingerprint density at radius 3 is 2.33 bits per heavy atom. The van der Waals surface area contributed by atoms with E-state index in [1.54, 1.807) is 24.4 Å². The molecule has 0 atom stereocenters. The zero-order chi connectivity index (χ0) is 29.9. The first-order valence-corrected chi connectivity index (χ1v) is 12.7. The molecular formula is C28H24F4N5O5+. The van der Waals surface area contributed by atoms with Gasteiger partial charge in [0.05, 0.1) is 18.8 Å². The molecule has 2 aromatic carbocycles. The Morgan fingerprint density at radius 2 is 1.64 bits per heavy atom. The van der Waals surface area contributed by atoms with Crippen molar-refractivity contribution in [1.82, 2.24) is 23.7 Å². The zero-order valence-electron chi connectivity index (χ0n) is 21.8. The molecule has 0 spiro atoms. The predicted octanol–water partition coefficient (Wildman–Crippen LogP) is 3.80. The second-order valence-corrected chi connectivity index (χ2v) is 9.15. The summed E-state index contributed by atoms with van der Waals surface area (Å²) in [6, 6.07) is 15.1. The number of ether oxygens (including phenoxy) is 2. The van der Waals surface area contributed by atoms with Crippen LogP contribution in [-0.2, 0) is 19.6 Å². The van der Waals surface area contributed by atoms with Crippen LogP contribution in [0.3, 0.4) is 0 Å². The van der Waals surface area contributed by atoms with E-state index < -0.39 is 29.2 Å². The van der Waals surface area contributed by atoms with Crippen LogP contribution in [0.1, 0.15) is 17.7 Å². The van der Waals surface area contributed by atoms with Crippen LogP contribution < -0.4 is 20.7 Å². The average molecular weight is 587 g/mol. The quantitative estimate of drug-likeness (QED) is 0.182. The lowest BCUT2D eigenvalue weighted by Gasteiger charge is -2.13. The molecule has 0 amide bonds. The van der Waals surface area contributed by atoms with Gasteiger partial charge in [0.15, 0.2) is 11.2 Å². The summed E-state index contributed by atoms with van der Waals surface area (Å²) in [5, 5.41) is 7.51. The summed E-state index contributed by atoms with van der Waals surface area (Å²) in [6.07, 6.45) is -3.16. The maximum Gasteiger partial charge on any atom is 0.573 e. The third kappa shape index (κ3) is 6.33. The summed E-state index contributed by atoms with van der Waals surface area (Å²) in [5.74, 6) is -1.10. The first kappa shape index (κ1) is 28.5. The monoisotopic (exact) mass is 586 g/mol. The van der Waals surface area contributed by atoms with Crippen molar-refractivity contribution in [2.24, 2.45) is 0 Å². The molecule has 0 radical (unpaired) electrons. The van der Waals surface area contributed by atoms with Gasteiger partial charge in [-0.2, -0.15) is 4.98 Å². The molecule has 0 bridgehead atoms. The number of pyridine rings is 1. The summed E-state index contributed by atoms with van der Waals surface area (Å²) in [5.41, 5.74) is -0.395. The normalized spacial score (nSPS) is 11.6. The molecule has 0 unspecified atom stereocenters. The van der Waals surface area contributed by atoms with Crippen molar-refractivity contribution in [2.45, 2.75) is 32.4 Å². The van der Waals surface area contributed by atoms with Crippen LogP contribution in [0.5, 0.6) is 17.5 Å². The minimum absolute atomic E-state index is 0.0241. The van der Waals surface area contributed by atoms with Gasteiger partial charge in [0, 0.05) is 25.2 Å². The number of hydrogen-bond acceptors (Lipinski definition) is 6. The number of nitrogens with zero attached hydrogens (tertiary/aromatic N) is 5. The van der Waals surface area contributed by atoms with E-state index >= 15 is 0 Å². The molecule has 3 aromatic heterocycles. The Labute approximate surface area is 234 Å². The Bertz CT molecular complexity index is 1820. The second-order valence-electron chi connectivity index (χ2n) is 9.15. The van der Waals surface area contributed by atoms with Gasteiger partial charge < -0.3 is 14.6 Å². The fourth-order valence-corrected chi connectivity index (χ4v) is 4.34. The van der Waals surface area contributed by atoms with E-state index in [4.69, 9.17) is 9.84 Å². The van der Waals surface area contributed by atoms with Crippen LogP contribution in [-0.4, -0.2) is 41.7 Å². The maximum absolute atomic E-state index is 13.8. The molecule has 5 aromatic rings. The molecule has 0 saturated carbocycles. The minimum atomic E-state index is -4.93. The predicted molar refractivity (Wildman–Crippen MR) is 143 cm³/mol. The van der Waals surface area contributed by atoms with Gasteiger partial charge in [-0.15, -0.1) is 13.2 Å². The number of rotatable bonds is 10. The van der Waals surface area contributed by atoms with E-state index in [2.05, 4.69) is 14.7 Å². The highest BCUT2D eigenvalue weighted by molar-refractivity contribution is 5.72. The van der Waals surface area contributed by atoms with E-state index in [-0.39, 0.29) is 55.6 Å². The van der Waals surface area contributed by atoms with Crippen LogP contribution in [0.15, 0.2) is 82.5 Å². The number of hydrogen-bond donors (Lipinski definition) is 0. The zero-order valence-corrected chi connectivity index (χ0v) is 21.8. The van der Waals surface area contributed by atoms with Crippen LogP contribution in [0, 0.1) is 5.82 Å². The van der Waals surface area contributed by atoms with Gasteiger partial charge in [-0.25, -0.2) is 9.18 Å². The van der Waals surface area contributed by atoms with Crippen LogP contribution in [0.2, 0.25) is 0 Å². The summed E-state index contributed by atoms with van der Waals surface area (Å²) in [6.45, 7) is -0.169. The molecule has 0 aliphatic heterocycles. The molecule has 3 heterocycles. The highest BCUT2D eigenvalue weighted by Gasteiger charge is 2.31. The second kappa shape index (κ2) is 11.9. The minimum Gasteiger partial charge on any atom is -0.445 e. The standard InChI is InChI=1S/C28H23F4N5O5/c29-19-10-8-18(9-11-19)16-36-23-24(34-26(36)41-21-6-3-7-22(15-21)42-28(30,31)32)37(17-20-5-1-2-12-33-20)27(40)35(25(23)39)13-4-14-38/h1-3,5-12,15,38H,4,13-14,16-17H2/p+1. The number of fused-ring (bicyclic) bond motifs is 1. The van der Waals surface area contributed by atoms with Crippen molar-refractivity contribution < 1.29 is 32.1 Å². The summed E-state index contributed by atoms with van der Waals surface area (Å²) < 4.78 is 65.6. The first-order chi connectivity index (χ1) is 20.1. The molecule has 218 valence electrons. The smallest absolute Gasteiger partial charge is 0.445 e.